The fourth-order valence-electron chi connectivity index (χ4n) is 10.8. The third-order valence-corrected chi connectivity index (χ3v) is 16.1. The average Bonchev–Trinajstić information content (AvgIpc) is 3.46. The van der Waals surface area contributed by atoms with Crippen molar-refractivity contribution < 1.29 is 28.6 Å². The molecule has 0 amide bonds. The van der Waals surface area contributed by atoms with E-state index in [1.807, 2.05) is 6.08 Å². The van der Waals surface area contributed by atoms with Crippen LogP contribution in [0.4, 0.5) is 0 Å². The first-order chi connectivity index (χ1) is 39.5. The lowest BCUT2D eigenvalue weighted by Crippen LogP contribution is -2.30. The van der Waals surface area contributed by atoms with Gasteiger partial charge in [-0.15, -0.1) is 0 Å². The molecule has 0 aromatic rings. The second-order valence-electron chi connectivity index (χ2n) is 24.1. The van der Waals surface area contributed by atoms with Gasteiger partial charge in [-0.1, -0.05) is 371 Å². The topological polar surface area (TPSA) is 78.9 Å². The largest absolute Gasteiger partial charge is 0.462 e. The monoisotopic (exact) mass is 1120 g/mol. The predicted octanol–water partition coefficient (Wildman–Crippen LogP) is 24.5. The average molecular weight is 1120 g/mol. The van der Waals surface area contributed by atoms with Crippen molar-refractivity contribution in [2.75, 3.05) is 13.2 Å². The normalized spacial score (nSPS) is 12.3. The van der Waals surface area contributed by atoms with E-state index in [9.17, 15) is 14.4 Å². The minimum absolute atomic E-state index is 0.0899. The molecule has 0 spiro atoms. The predicted molar refractivity (Wildman–Crippen MR) is 349 cm³/mol. The highest BCUT2D eigenvalue weighted by molar-refractivity contribution is 5.71. The molecule has 6 heteroatoms. The van der Waals surface area contributed by atoms with E-state index in [-0.39, 0.29) is 37.5 Å². The lowest BCUT2D eigenvalue weighted by Gasteiger charge is -2.18. The Labute approximate surface area is 498 Å². The second kappa shape index (κ2) is 68.9. The van der Waals surface area contributed by atoms with Crippen molar-refractivity contribution in [2.45, 2.75) is 393 Å². The summed E-state index contributed by atoms with van der Waals surface area (Å²) in [6.45, 7) is 6.53. The van der Waals surface area contributed by atoms with Crippen molar-refractivity contribution in [3.05, 3.63) is 48.6 Å². The lowest BCUT2D eigenvalue weighted by molar-refractivity contribution is -0.166. The lowest BCUT2D eigenvalue weighted by atomic mass is 10.0. The maximum atomic E-state index is 12.9. The molecule has 0 heterocycles. The van der Waals surface area contributed by atoms with Crippen LogP contribution in [0.15, 0.2) is 48.6 Å². The van der Waals surface area contributed by atoms with E-state index in [0.717, 1.165) is 64.2 Å². The number of rotatable bonds is 66. The summed E-state index contributed by atoms with van der Waals surface area (Å²) in [6, 6.07) is 0. The number of unbranched alkanes of at least 4 members (excludes halogenated alkanes) is 47. The van der Waals surface area contributed by atoms with Crippen LogP contribution in [-0.4, -0.2) is 37.2 Å². The van der Waals surface area contributed by atoms with Gasteiger partial charge >= 0.3 is 17.9 Å². The fourth-order valence-corrected chi connectivity index (χ4v) is 10.8. The molecular weight excluding hydrogens is 985 g/mol. The van der Waals surface area contributed by atoms with Gasteiger partial charge < -0.3 is 14.2 Å². The van der Waals surface area contributed by atoms with E-state index in [0.29, 0.717) is 19.3 Å². The summed E-state index contributed by atoms with van der Waals surface area (Å²) in [6.07, 6.45) is 87.6. The Hall–Kier alpha value is -2.63. The van der Waals surface area contributed by atoms with Crippen LogP contribution in [0.2, 0.25) is 0 Å². The molecule has 0 bridgehead atoms. The van der Waals surface area contributed by atoms with Crippen molar-refractivity contribution in [2.24, 2.45) is 0 Å². The minimum Gasteiger partial charge on any atom is -0.462 e. The van der Waals surface area contributed by atoms with Crippen LogP contribution in [0.25, 0.3) is 0 Å². The van der Waals surface area contributed by atoms with Gasteiger partial charge in [-0.3, -0.25) is 14.4 Å². The van der Waals surface area contributed by atoms with E-state index < -0.39 is 6.10 Å². The van der Waals surface area contributed by atoms with Gasteiger partial charge in [-0.05, 0) is 44.9 Å². The van der Waals surface area contributed by atoms with Gasteiger partial charge in [0.1, 0.15) is 13.2 Å². The van der Waals surface area contributed by atoms with Crippen LogP contribution in [0.3, 0.4) is 0 Å². The van der Waals surface area contributed by atoms with Crippen molar-refractivity contribution in [1.82, 2.24) is 0 Å². The highest BCUT2D eigenvalue weighted by Gasteiger charge is 2.19. The van der Waals surface area contributed by atoms with Crippen molar-refractivity contribution >= 4 is 17.9 Å². The van der Waals surface area contributed by atoms with E-state index >= 15 is 0 Å². The van der Waals surface area contributed by atoms with Gasteiger partial charge in [0.2, 0.25) is 0 Å². The zero-order valence-corrected chi connectivity index (χ0v) is 53.9. The second-order valence-corrected chi connectivity index (χ2v) is 24.1. The molecule has 0 rings (SSSR count). The molecule has 0 aliphatic rings. The van der Waals surface area contributed by atoms with Crippen LogP contribution in [-0.2, 0) is 28.6 Å². The SMILES string of the molecule is CC/C=C\C/C=C\C/C=C\C/C=C\CCC(=O)OCC(COC(=O)CCCCCCCCCCCCCCCCCCCCCCCCCCCCCCCCCC)OC(=O)CCCCCCCCCCCCCCCCCCC. The Morgan fingerprint density at radius 3 is 0.762 bits per heavy atom. The number of hydrogen-bond acceptors (Lipinski definition) is 6. The quantitative estimate of drug-likeness (QED) is 0.0261. The Morgan fingerprint density at radius 2 is 0.487 bits per heavy atom. The standard InChI is InChI=1S/C74H136O6/c1-4-7-10-13-16-19-22-25-27-29-30-31-32-33-34-35-36-37-38-39-40-41-42-43-45-46-49-52-55-58-61-64-67-73(76)79-70-71(69-78-72(75)66-63-60-57-54-51-48-24-21-18-15-12-9-6-3)80-74(77)68-65-62-59-56-53-50-47-44-28-26-23-20-17-14-11-8-5-2/h9,12,18,21,48,51,57,60,71H,4-8,10-11,13-17,19-20,22-47,49-50,52-56,58-59,61-70H2,1-3H3/b12-9-,21-18-,51-48-,60-57-. The summed E-state index contributed by atoms with van der Waals surface area (Å²) in [5, 5.41) is 0. The molecular formula is C74H136O6. The first-order valence-corrected chi connectivity index (χ1v) is 35.6. The molecule has 0 saturated carbocycles. The summed E-state index contributed by atoms with van der Waals surface area (Å²) < 4.78 is 16.9. The summed E-state index contributed by atoms with van der Waals surface area (Å²) >= 11 is 0. The molecule has 6 nitrogen and oxygen atoms in total. The Morgan fingerprint density at radius 1 is 0.263 bits per heavy atom. The zero-order valence-electron chi connectivity index (χ0n) is 53.9. The van der Waals surface area contributed by atoms with E-state index in [4.69, 9.17) is 14.2 Å². The summed E-state index contributed by atoms with van der Waals surface area (Å²) in [5.74, 6) is -0.950. The molecule has 0 saturated heterocycles. The van der Waals surface area contributed by atoms with Crippen LogP contribution >= 0.6 is 0 Å². The van der Waals surface area contributed by atoms with Crippen molar-refractivity contribution in [3.8, 4) is 0 Å². The Kier molecular flexibility index (Phi) is 66.6. The van der Waals surface area contributed by atoms with Crippen LogP contribution in [0.1, 0.15) is 387 Å². The molecule has 0 radical (unpaired) electrons. The van der Waals surface area contributed by atoms with Gasteiger partial charge in [0, 0.05) is 19.3 Å². The molecule has 0 fully saturated rings. The number of ether oxygens (including phenoxy) is 3. The van der Waals surface area contributed by atoms with Gasteiger partial charge in [0.15, 0.2) is 6.10 Å². The highest BCUT2D eigenvalue weighted by atomic mass is 16.6. The maximum Gasteiger partial charge on any atom is 0.306 e. The van der Waals surface area contributed by atoms with Gasteiger partial charge in [-0.25, -0.2) is 0 Å². The fraction of sp³-hybridized carbons (Fsp3) is 0.851. The molecule has 0 aliphatic carbocycles. The van der Waals surface area contributed by atoms with E-state index in [2.05, 4.69) is 63.3 Å². The number of hydrogen-bond donors (Lipinski definition) is 0. The highest BCUT2D eigenvalue weighted by Crippen LogP contribution is 2.19. The van der Waals surface area contributed by atoms with Crippen molar-refractivity contribution in [1.29, 1.82) is 0 Å². The summed E-state index contributed by atoms with van der Waals surface area (Å²) in [5.41, 5.74) is 0. The van der Waals surface area contributed by atoms with Gasteiger partial charge in [0.05, 0.1) is 0 Å². The third-order valence-electron chi connectivity index (χ3n) is 16.1. The first kappa shape index (κ1) is 77.4. The van der Waals surface area contributed by atoms with Crippen LogP contribution in [0.5, 0.6) is 0 Å². The third kappa shape index (κ3) is 66.2. The van der Waals surface area contributed by atoms with E-state index in [1.165, 1.54) is 276 Å². The smallest absolute Gasteiger partial charge is 0.306 e. The number of esters is 3. The van der Waals surface area contributed by atoms with Gasteiger partial charge in [-0.2, -0.15) is 0 Å². The minimum atomic E-state index is -0.799. The summed E-state index contributed by atoms with van der Waals surface area (Å²) in [7, 11) is 0. The zero-order chi connectivity index (χ0) is 57.8. The maximum absolute atomic E-state index is 12.9. The molecule has 1 atom stereocenters. The summed E-state index contributed by atoms with van der Waals surface area (Å²) in [4.78, 5) is 38.3. The molecule has 0 aromatic carbocycles. The molecule has 80 heavy (non-hydrogen) atoms. The Balaban J connectivity index is 4.13. The molecule has 1 unspecified atom stereocenters. The first-order valence-electron chi connectivity index (χ1n) is 35.6. The molecule has 0 aliphatic heterocycles. The molecule has 468 valence electrons. The van der Waals surface area contributed by atoms with E-state index in [1.54, 1.807) is 0 Å². The van der Waals surface area contributed by atoms with Crippen LogP contribution < -0.4 is 0 Å². The Bertz CT molecular complexity index is 1380. The molecule has 0 aromatic heterocycles. The number of carbonyl (C=O) groups excluding carboxylic acids is 3. The van der Waals surface area contributed by atoms with Gasteiger partial charge in [0.25, 0.3) is 0 Å². The number of carbonyl (C=O) groups is 3. The van der Waals surface area contributed by atoms with Crippen molar-refractivity contribution in [3.63, 3.8) is 0 Å². The molecule has 0 N–H and O–H groups in total. The van der Waals surface area contributed by atoms with Crippen LogP contribution in [0, 0.1) is 0 Å². The number of allylic oxidation sites excluding steroid dienone is 8.